The molecule has 0 aromatic heterocycles. The Morgan fingerprint density at radius 3 is 1.77 bits per heavy atom. The van der Waals surface area contributed by atoms with Crippen LogP contribution in [0.2, 0.25) is 0 Å². The summed E-state index contributed by atoms with van der Waals surface area (Å²) in [6.45, 7) is 2.71. The summed E-state index contributed by atoms with van der Waals surface area (Å²) < 4.78 is 9.44. The van der Waals surface area contributed by atoms with E-state index in [9.17, 15) is 19.7 Å². The molecule has 0 aliphatic heterocycles. The zero-order valence-corrected chi connectivity index (χ0v) is 14.1. The van der Waals surface area contributed by atoms with Gasteiger partial charge in [-0.25, -0.2) is 9.59 Å². The van der Waals surface area contributed by atoms with Gasteiger partial charge >= 0.3 is 17.5 Å². The van der Waals surface area contributed by atoms with Crippen molar-refractivity contribution >= 4 is 35.1 Å². The van der Waals surface area contributed by atoms with Crippen LogP contribution in [0.15, 0.2) is 0 Å². The van der Waals surface area contributed by atoms with Gasteiger partial charge in [-0.1, -0.05) is 0 Å². The first-order valence-corrected chi connectivity index (χ1v) is 7.80. The number of halogens is 2. The minimum Gasteiger partial charge on any atom is -0.460 e. The molecule has 0 aliphatic rings. The molecule has 0 rings (SSSR count). The number of rotatable bonds is 11. The van der Waals surface area contributed by atoms with E-state index in [0.29, 0.717) is 0 Å². The summed E-state index contributed by atoms with van der Waals surface area (Å²) in [7, 11) is 0. The van der Waals surface area contributed by atoms with Crippen molar-refractivity contribution in [3.8, 4) is 0 Å². The smallest absolute Gasteiger partial charge is 0.422 e. The molecule has 0 aromatic rings. The molecule has 0 N–H and O–H groups in total. The number of carbonyl (C=O) groups is 2. The normalized spacial score (nSPS) is 11.3. The van der Waals surface area contributed by atoms with Crippen molar-refractivity contribution in [2.75, 3.05) is 44.6 Å². The summed E-state index contributed by atoms with van der Waals surface area (Å²) in [5.74, 6) is -2.19. The highest BCUT2D eigenvalue weighted by Gasteiger charge is 2.62. The van der Waals surface area contributed by atoms with Gasteiger partial charge in [0.25, 0.3) is 0 Å². The lowest BCUT2D eigenvalue weighted by Crippen LogP contribution is -2.62. The second-order valence-corrected chi connectivity index (χ2v) is 4.97. The van der Waals surface area contributed by atoms with Gasteiger partial charge in [0.05, 0.1) is 24.7 Å². The third-order valence-corrected chi connectivity index (χ3v) is 3.13. The number of alkyl halides is 2. The van der Waals surface area contributed by atoms with Crippen LogP contribution in [0.1, 0.15) is 13.8 Å². The van der Waals surface area contributed by atoms with Crippen LogP contribution in [-0.4, -0.2) is 71.9 Å². The van der Waals surface area contributed by atoms with E-state index >= 15 is 0 Å². The standard InChI is InChI=1S/C12H20Cl2N2O6/c1-3-21-10(17)12(16(19)20,11(18)22-4-2)9-15(7-5-13)8-6-14/h3-9H2,1-2H3. The number of ether oxygens (including phenoxy) is 2. The third-order valence-electron chi connectivity index (χ3n) is 2.79. The van der Waals surface area contributed by atoms with Crippen LogP contribution < -0.4 is 0 Å². The molecule has 0 atom stereocenters. The molecule has 0 fully saturated rings. The van der Waals surface area contributed by atoms with E-state index in [4.69, 9.17) is 32.7 Å². The van der Waals surface area contributed by atoms with Crippen molar-refractivity contribution < 1.29 is 24.0 Å². The van der Waals surface area contributed by atoms with Gasteiger partial charge in [0, 0.05) is 24.8 Å². The minimum absolute atomic E-state index is 0.0984. The number of nitro groups is 1. The molecular formula is C12H20Cl2N2O6. The second-order valence-electron chi connectivity index (χ2n) is 4.21. The molecule has 0 aromatic carbocycles. The van der Waals surface area contributed by atoms with Crippen LogP contribution in [0.3, 0.4) is 0 Å². The van der Waals surface area contributed by atoms with Crippen molar-refractivity contribution in [3.63, 3.8) is 0 Å². The average molecular weight is 359 g/mol. The molecule has 22 heavy (non-hydrogen) atoms. The molecular weight excluding hydrogens is 339 g/mol. The fourth-order valence-corrected chi connectivity index (χ4v) is 2.23. The summed E-state index contributed by atoms with van der Waals surface area (Å²) in [5.41, 5.74) is -2.65. The average Bonchev–Trinajstić information content (AvgIpc) is 2.45. The molecule has 0 saturated heterocycles. The topological polar surface area (TPSA) is 99.0 Å². The highest BCUT2D eigenvalue weighted by molar-refractivity contribution is 6.18. The van der Waals surface area contributed by atoms with Crippen molar-refractivity contribution in [2.24, 2.45) is 0 Å². The van der Waals surface area contributed by atoms with Crippen LogP contribution in [0.4, 0.5) is 0 Å². The van der Waals surface area contributed by atoms with Gasteiger partial charge in [0.15, 0.2) is 0 Å². The van der Waals surface area contributed by atoms with Gasteiger partial charge < -0.3 is 9.47 Å². The third kappa shape index (κ3) is 5.26. The Morgan fingerprint density at radius 1 is 1.09 bits per heavy atom. The maximum Gasteiger partial charge on any atom is 0.422 e. The van der Waals surface area contributed by atoms with E-state index in [1.807, 2.05) is 0 Å². The van der Waals surface area contributed by atoms with E-state index < -0.39 is 28.9 Å². The molecule has 128 valence electrons. The first-order valence-electron chi connectivity index (χ1n) is 6.73. The first-order chi connectivity index (χ1) is 10.4. The molecule has 0 aliphatic carbocycles. The van der Waals surface area contributed by atoms with Gasteiger partial charge in [0.1, 0.15) is 0 Å². The predicted octanol–water partition coefficient (Wildman–Crippen LogP) is 0.908. The van der Waals surface area contributed by atoms with E-state index in [1.54, 1.807) is 0 Å². The van der Waals surface area contributed by atoms with Crippen molar-refractivity contribution in [1.82, 2.24) is 4.90 Å². The zero-order chi connectivity index (χ0) is 17.2. The van der Waals surface area contributed by atoms with Crippen molar-refractivity contribution in [2.45, 2.75) is 19.4 Å². The Kier molecular flexibility index (Phi) is 10.0. The first kappa shape index (κ1) is 20.9. The van der Waals surface area contributed by atoms with Gasteiger partial charge in [-0.15, -0.1) is 23.2 Å². The molecule has 8 nitrogen and oxygen atoms in total. The number of esters is 2. The maximum atomic E-state index is 12.1. The fraction of sp³-hybridized carbons (Fsp3) is 0.833. The number of hydrogen-bond acceptors (Lipinski definition) is 7. The Bertz CT molecular complexity index is 370. The van der Waals surface area contributed by atoms with Gasteiger partial charge in [-0.05, 0) is 13.8 Å². The van der Waals surface area contributed by atoms with Crippen LogP contribution in [0.25, 0.3) is 0 Å². The Morgan fingerprint density at radius 2 is 1.50 bits per heavy atom. The van der Waals surface area contributed by atoms with Gasteiger partial charge in [-0.3, -0.25) is 15.0 Å². The summed E-state index contributed by atoms with van der Waals surface area (Å²) in [6, 6.07) is 0. The van der Waals surface area contributed by atoms with E-state index in [1.165, 1.54) is 18.7 Å². The highest BCUT2D eigenvalue weighted by Crippen LogP contribution is 2.18. The van der Waals surface area contributed by atoms with Crippen molar-refractivity contribution in [1.29, 1.82) is 0 Å². The molecule has 0 saturated carbocycles. The largest absolute Gasteiger partial charge is 0.460 e. The predicted molar refractivity (Wildman–Crippen MR) is 80.9 cm³/mol. The highest BCUT2D eigenvalue weighted by atomic mass is 35.5. The SMILES string of the molecule is CCOC(=O)C(CN(CCCl)CCCl)(C(=O)OCC)[N+](=O)[O-]. The zero-order valence-electron chi connectivity index (χ0n) is 12.5. The van der Waals surface area contributed by atoms with Gasteiger partial charge in [0.2, 0.25) is 0 Å². The summed E-state index contributed by atoms with van der Waals surface area (Å²) in [4.78, 5) is 36.2. The van der Waals surface area contributed by atoms with E-state index in [0.717, 1.165) is 0 Å². The fourth-order valence-electron chi connectivity index (χ4n) is 1.75. The van der Waals surface area contributed by atoms with Crippen LogP contribution in [0.5, 0.6) is 0 Å². The second kappa shape index (κ2) is 10.6. The molecule has 0 amide bonds. The lowest BCUT2D eigenvalue weighted by Gasteiger charge is -2.27. The minimum atomic E-state index is -2.65. The summed E-state index contributed by atoms with van der Waals surface area (Å²) in [6.07, 6.45) is 0. The molecule has 0 bridgehead atoms. The molecule has 0 heterocycles. The van der Waals surface area contributed by atoms with Crippen LogP contribution >= 0.6 is 23.2 Å². The number of hydrogen-bond donors (Lipinski definition) is 0. The van der Waals surface area contributed by atoms with Crippen molar-refractivity contribution in [3.05, 3.63) is 10.1 Å². The molecule has 0 unspecified atom stereocenters. The monoisotopic (exact) mass is 358 g/mol. The lowest BCUT2D eigenvalue weighted by molar-refractivity contribution is -0.542. The van der Waals surface area contributed by atoms with E-state index in [2.05, 4.69) is 0 Å². The van der Waals surface area contributed by atoms with Crippen LogP contribution in [-0.2, 0) is 19.1 Å². The number of carbonyl (C=O) groups excluding carboxylic acids is 2. The van der Waals surface area contributed by atoms with E-state index in [-0.39, 0.29) is 38.1 Å². The lowest BCUT2D eigenvalue weighted by atomic mass is 9.99. The Balaban J connectivity index is 5.65. The molecule has 0 spiro atoms. The summed E-state index contributed by atoms with van der Waals surface area (Å²) >= 11 is 11.3. The number of nitrogens with zero attached hydrogens (tertiary/aromatic N) is 2. The van der Waals surface area contributed by atoms with Gasteiger partial charge in [-0.2, -0.15) is 0 Å². The molecule has 10 heteroatoms. The maximum absolute atomic E-state index is 12.1. The molecule has 0 radical (unpaired) electrons. The summed E-state index contributed by atoms with van der Waals surface area (Å²) in [5, 5.41) is 11.5. The Labute approximate surface area is 138 Å². The van der Waals surface area contributed by atoms with Crippen LogP contribution in [0, 0.1) is 10.1 Å². The Hall–Kier alpha value is -1.12. The quantitative estimate of drug-likeness (QED) is 0.178.